The third-order valence-electron chi connectivity index (χ3n) is 1.68. The predicted octanol–water partition coefficient (Wildman–Crippen LogP) is 1.48. The second kappa shape index (κ2) is 3.47. The lowest BCUT2D eigenvalue weighted by Gasteiger charge is -2.06. The fourth-order valence-corrected chi connectivity index (χ4v) is 0.975. The molecule has 0 heterocycles. The highest BCUT2D eigenvalue weighted by atomic mass is 14.6. The average molecular weight is 145 g/mol. The van der Waals surface area contributed by atoms with E-state index in [9.17, 15) is 0 Å². The molecule has 1 atom stereocenters. The second-order valence-electron chi connectivity index (χ2n) is 2.92. The molecule has 1 rings (SSSR count). The van der Waals surface area contributed by atoms with Crippen molar-refractivity contribution < 1.29 is 0 Å². The van der Waals surface area contributed by atoms with Crippen LogP contribution in [-0.2, 0) is 0 Å². The molecule has 0 saturated heterocycles. The molecule has 1 aliphatic rings. The first kappa shape index (κ1) is 8.18. The maximum atomic E-state index is 5.63. The highest BCUT2D eigenvalue weighted by Crippen LogP contribution is 2.11. The zero-order chi connectivity index (χ0) is 8.27. The molecular weight excluding hydrogens is 133 g/mol. The quantitative estimate of drug-likeness (QED) is 0.513. The molecule has 1 aliphatic carbocycles. The maximum absolute atomic E-state index is 5.63. The normalized spacial score (nSPS) is 25.0. The molecule has 11 heavy (non-hydrogen) atoms. The van der Waals surface area contributed by atoms with Crippen LogP contribution in [-0.4, -0.2) is 7.85 Å². The fraction of sp³-hybridized carbons (Fsp3) is 0.333. The van der Waals surface area contributed by atoms with E-state index >= 15 is 0 Å². The lowest BCUT2D eigenvalue weighted by molar-refractivity contribution is 0.740. The summed E-state index contributed by atoms with van der Waals surface area (Å²) in [5.74, 6) is 0.529. The van der Waals surface area contributed by atoms with Crippen molar-refractivity contribution in [1.29, 1.82) is 0 Å². The molecule has 0 bridgehead atoms. The number of hydrogen-bond acceptors (Lipinski definition) is 1. The van der Waals surface area contributed by atoms with Gasteiger partial charge >= 0.3 is 0 Å². The molecule has 0 aromatic heterocycles. The van der Waals surface area contributed by atoms with Crippen molar-refractivity contribution in [3.63, 3.8) is 0 Å². The van der Waals surface area contributed by atoms with Gasteiger partial charge in [0.25, 0.3) is 0 Å². The van der Waals surface area contributed by atoms with E-state index in [0.717, 1.165) is 17.6 Å². The number of rotatable bonds is 0. The van der Waals surface area contributed by atoms with E-state index < -0.39 is 0 Å². The molecule has 1 unspecified atom stereocenters. The second-order valence-corrected chi connectivity index (χ2v) is 2.92. The van der Waals surface area contributed by atoms with Gasteiger partial charge in [-0.05, 0) is 18.4 Å². The minimum absolute atomic E-state index is 0.529. The Morgan fingerprint density at radius 2 is 2.36 bits per heavy atom. The van der Waals surface area contributed by atoms with Crippen LogP contribution in [0.4, 0.5) is 0 Å². The molecule has 0 aromatic rings. The van der Waals surface area contributed by atoms with Gasteiger partial charge in [-0.2, -0.15) is 0 Å². The summed E-state index contributed by atoms with van der Waals surface area (Å²) in [5.41, 5.74) is 7.12. The molecule has 0 aromatic carbocycles. The first-order chi connectivity index (χ1) is 5.18. The largest absolute Gasteiger partial charge is 0.399 e. The molecular formula is C9H12BN. The highest BCUT2D eigenvalue weighted by Gasteiger charge is 1.97. The summed E-state index contributed by atoms with van der Waals surface area (Å²) in [6, 6.07) is 0. The van der Waals surface area contributed by atoms with Gasteiger partial charge in [0.15, 0.2) is 0 Å². The third kappa shape index (κ3) is 2.66. The van der Waals surface area contributed by atoms with Crippen LogP contribution in [0.3, 0.4) is 0 Å². The standard InChI is InChI=1S/C9H12BN/c1-7-2-4-8(10)6-9(11)5-3-7/h2,4-7H,3,11H2,1H3. The fourth-order valence-electron chi connectivity index (χ4n) is 0.975. The number of allylic oxidation sites excluding steroid dienone is 5. The van der Waals surface area contributed by atoms with Gasteiger partial charge < -0.3 is 5.73 Å². The third-order valence-corrected chi connectivity index (χ3v) is 1.68. The smallest absolute Gasteiger partial charge is 0.113 e. The van der Waals surface area contributed by atoms with Crippen molar-refractivity contribution in [2.24, 2.45) is 11.7 Å². The van der Waals surface area contributed by atoms with Gasteiger partial charge in [-0.25, -0.2) is 0 Å². The predicted molar refractivity (Wildman–Crippen MR) is 49.0 cm³/mol. The van der Waals surface area contributed by atoms with Crippen LogP contribution in [0, 0.1) is 5.92 Å². The summed E-state index contributed by atoms with van der Waals surface area (Å²) in [6.07, 6.45) is 8.77. The van der Waals surface area contributed by atoms with Crippen molar-refractivity contribution in [2.45, 2.75) is 13.3 Å². The van der Waals surface area contributed by atoms with Gasteiger partial charge in [0, 0.05) is 5.70 Å². The monoisotopic (exact) mass is 145 g/mol. The van der Waals surface area contributed by atoms with Crippen LogP contribution >= 0.6 is 0 Å². The Morgan fingerprint density at radius 3 is 3.09 bits per heavy atom. The first-order valence-corrected chi connectivity index (χ1v) is 3.79. The Bertz CT molecular complexity index is 226. The zero-order valence-corrected chi connectivity index (χ0v) is 6.75. The van der Waals surface area contributed by atoms with Crippen molar-refractivity contribution in [1.82, 2.24) is 0 Å². The first-order valence-electron chi connectivity index (χ1n) is 3.79. The van der Waals surface area contributed by atoms with Crippen LogP contribution in [0.5, 0.6) is 0 Å². The van der Waals surface area contributed by atoms with Crippen LogP contribution in [0.25, 0.3) is 0 Å². The van der Waals surface area contributed by atoms with E-state index in [2.05, 4.69) is 13.0 Å². The summed E-state index contributed by atoms with van der Waals surface area (Å²) in [6.45, 7) is 2.14. The van der Waals surface area contributed by atoms with Crippen molar-refractivity contribution in [3.8, 4) is 0 Å². The summed E-state index contributed by atoms with van der Waals surface area (Å²) in [7, 11) is 5.61. The van der Waals surface area contributed by atoms with Crippen LogP contribution < -0.4 is 5.73 Å². The topological polar surface area (TPSA) is 26.0 Å². The minimum atomic E-state index is 0.529. The van der Waals surface area contributed by atoms with Gasteiger partial charge in [0.05, 0.1) is 0 Å². The van der Waals surface area contributed by atoms with Crippen molar-refractivity contribution in [3.05, 3.63) is 35.5 Å². The summed E-state index contributed by atoms with van der Waals surface area (Å²) in [5, 5.41) is 0. The molecule has 0 aliphatic heterocycles. The van der Waals surface area contributed by atoms with Crippen molar-refractivity contribution >= 4 is 7.85 Å². The van der Waals surface area contributed by atoms with Crippen LogP contribution in [0.1, 0.15) is 13.3 Å². The molecule has 2 radical (unpaired) electrons. The average Bonchev–Trinajstić information content (AvgIpc) is 1.95. The molecule has 56 valence electrons. The Balaban J connectivity index is 2.84. The van der Waals surface area contributed by atoms with Gasteiger partial charge in [-0.15, -0.1) is 0 Å². The summed E-state index contributed by atoms with van der Waals surface area (Å²) < 4.78 is 0. The SMILES string of the molecule is [B]C1=CC(N)=CCC(C)C=C1. The Morgan fingerprint density at radius 1 is 1.64 bits per heavy atom. The van der Waals surface area contributed by atoms with Gasteiger partial charge in [-0.3, -0.25) is 0 Å². The number of nitrogens with two attached hydrogens (primary N) is 1. The minimum Gasteiger partial charge on any atom is -0.399 e. The zero-order valence-electron chi connectivity index (χ0n) is 6.75. The lowest BCUT2D eigenvalue weighted by Crippen LogP contribution is -1.99. The van der Waals surface area contributed by atoms with E-state index in [-0.39, 0.29) is 0 Å². The number of hydrogen-bond donors (Lipinski definition) is 1. The Hall–Kier alpha value is -0.915. The van der Waals surface area contributed by atoms with E-state index in [4.69, 9.17) is 13.6 Å². The molecule has 2 heteroatoms. The Kier molecular flexibility index (Phi) is 2.58. The van der Waals surface area contributed by atoms with Gasteiger partial charge in [0.1, 0.15) is 7.85 Å². The molecule has 0 saturated carbocycles. The van der Waals surface area contributed by atoms with Gasteiger partial charge in [-0.1, -0.05) is 30.6 Å². The maximum Gasteiger partial charge on any atom is 0.113 e. The summed E-state index contributed by atoms with van der Waals surface area (Å²) >= 11 is 0. The van der Waals surface area contributed by atoms with E-state index in [1.165, 1.54) is 0 Å². The lowest BCUT2D eigenvalue weighted by atomic mass is 9.90. The van der Waals surface area contributed by atoms with Gasteiger partial charge in [0.2, 0.25) is 0 Å². The molecule has 0 fully saturated rings. The van der Waals surface area contributed by atoms with Crippen LogP contribution in [0.15, 0.2) is 35.5 Å². The molecule has 1 nitrogen and oxygen atoms in total. The Labute approximate surface area is 69.1 Å². The van der Waals surface area contributed by atoms with Crippen molar-refractivity contribution in [2.75, 3.05) is 0 Å². The summed E-state index contributed by atoms with van der Waals surface area (Å²) in [4.78, 5) is 0. The van der Waals surface area contributed by atoms with E-state index in [0.29, 0.717) is 5.92 Å². The molecule has 2 N–H and O–H groups in total. The van der Waals surface area contributed by atoms with E-state index in [1.54, 1.807) is 6.08 Å². The highest BCUT2D eigenvalue weighted by molar-refractivity contribution is 6.23. The molecule has 0 amide bonds. The van der Waals surface area contributed by atoms with E-state index in [1.807, 2.05) is 12.2 Å². The molecule has 0 spiro atoms. The van der Waals surface area contributed by atoms with Crippen LogP contribution in [0.2, 0.25) is 0 Å².